The van der Waals surface area contributed by atoms with Crippen molar-refractivity contribution in [2.24, 2.45) is 5.92 Å². The summed E-state index contributed by atoms with van der Waals surface area (Å²) in [6, 6.07) is 13.8. The third-order valence-electron chi connectivity index (χ3n) is 7.19. The molecule has 0 N–H and O–H groups in total. The fourth-order valence-electron chi connectivity index (χ4n) is 4.84. The second-order valence-corrected chi connectivity index (χ2v) is 9.33. The van der Waals surface area contributed by atoms with Gasteiger partial charge in [-0.15, -0.1) is 0 Å². The summed E-state index contributed by atoms with van der Waals surface area (Å²) in [6.45, 7) is 14.0. The number of carbonyl (C=O) groups is 2. The van der Waals surface area contributed by atoms with Crippen molar-refractivity contribution in [1.29, 1.82) is 0 Å². The SMILES string of the molecule is CCN(CC)c1ccc(N2C(=O)C(c3ccc(C)c(C)c3)=C(N3CCC(C)CC3)C2=O)cc1. The number of piperidine rings is 1. The van der Waals surface area contributed by atoms with Crippen LogP contribution >= 0.6 is 0 Å². The molecule has 1 fully saturated rings. The molecule has 0 bridgehead atoms. The molecular formula is C28H35N3O2. The number of hydrogen-bond acceptors (Lipinski definition) is 4. The fourth-order valence-corrected chi connectivity index (χ4v) is 4.84. The number of aryl methyl sites for hydroxylation is 2. The van der Waals surface area contributed by atoms with Crippen LogP contribution in [0.5, 0.6) is 0 Å². The molecule has 1 saturated heterocycles. The molecule has 4 rings (SSSR count). The Morgan fingerprint density at radius 2 is 1.52 bits per heavy atom. The number of benzene rings is 2. The Labute approximate surface area is 197 Å². The quantitative estimate of drug-likeness (QED) is 0.576. The zero-order valence-corrected chi connectivity index (χ0v) is 20.5. The zero-order chi connectivity index (χ0) is 23.7. The van der Waals surface area contributed by atoms with Crippen molar-refractivity contribution in [1.82, 2.24) is 4.90 Å². The highest BCUT2D eigenvalue weighted by Crippen LogP contribution is 2.37. The first kappa shape index (κ1) is 23.1. The van der Waals surface area contributed by atoms with E-state index in [4.69, 9.17) is 0 Å². The normalized spacial score (nSPS) is 17.4. The lowest BCUT2D eigenvalue weighted by Crippen LogP contribution is -2.38. The van der Waals surface area contributed by atoms with Gasteiger partial charge in [0.1, 0.15) is 5.70 Å². The minimum Gasteiger partial charge on any atom is -0.372 e. The van der Waals surface area contributed by atoms with Crippen LogP contribution in [0.25, 0.3) is 5.57 Å². The molecule has 0 radical (unpaired) electrons. The minimum absolute atomic E-state index is 0.210. The first-order valence-corrected chi connectivity index (χ1v) is 12.2. The molecular weight excluding hydrogens is 410 g/mol. The third-order valence-corrected chi connectivity index (χ3v) is 7.19. The number of anilines is 2. The molecule has 5 nitrogen and oxygen atoms in total. The summed E-state index contributed by atoms with van der Waals surface area (Å²) in [5.41, 5.74) is 5.93. The lowest BCUT2D eigenvalue weighted by Gasteiger charge is -2.32. The highest BCUT2D eigenvalue weighted by molar-refractivity contribution is 6.45. The van der Waals surface area contributed by atoms with Crippen molar-refractivity contribution >= 4 is 28.8 Å². The number of amides is 2. The van der Waals surface area contributed by atoms with Gasteiger partial charge in [0.2, 0.25) is 0 Å². The van der Waals surface area contributed by atoms with E-state index in [2.05, 4.69) is 37.5 Å². The topological polar surface area (TPSA) is 43.9 Å². The van der Waals surface area contributed by atoms with Crippen molar-refractivity contribution in [2.45, 2.75) is 47.5 Å². The van der Waals surface area contributed by atoms with E-state index >= 15 is 0 Å². The molecule has 33 heavy (non-hydrogen) atoms. The van der Waals surface area contributed by atoms with Crippen LogP contribution in [0, 0.1) is 19.8 Å². The molecule has 2 aromatic rings. The van der Waals surface area contributed by atoms with E-state index in [1.165, 1.54) is 10.5 Å². The Balaban J connectivity index is 1.75. The van der Waals surface area contributed by atoms with E-state index in [1.54, 1.807) is 0 Å². The molecule has 0 atom stereocenters. The molecule has 174 valence electrons. The van der Waals surface area contributed by atoms with E-state index in [1.807, 2.05) is 49.4 Å². The largest absolute Gasteiger partial charge is 0.372 e. The van der Waals surface area contributed by atoms with Crippen molar-refractivity contribution in [2.75, 3.05) is 36.0 Å². The first-order chi connectivity index (χ1) is 15.8. The summed E-state index contributed by atoms with van der Waals surface area (Å²) in [7, 11) is 0. The van der Waals surface area contributed by atoms with Gasteiger partial charge in [-0.2, -0.15) is 0 Å². The molecule has 0 unspecified atom stereocenters. The van der Waals surface area contributed by atoms with Gasteiger partial charge in [-0.05, 0) is 87.4 Å². The molecule has 2 aliphatic heterocycles. The summed E-state index contributed by atoms with van der Waals surface area (Å²) < 4.78 is 0. The Morgan fingerprint density at radius 1 is 0.879 bits per heavy atom. The molecule has 2 aromatic carbocycles. The average molecular weight is 446 g/mol. The lowest BCUT2D eigenvalue weighted by atomic mass is 9.96. The van der Waals surface area contributed by atoms with Crippen LogP contribution < -0.4 is 9.80 Å². The molecule has 0 saturated carbocycles. The number of imide groups is 1. The summed E-state index contributed by atoms with van der Waals surface area (Å²) in [6.07, 6.45) is 2.06. The van der Waals surface area contributed by atoms with Crippen LogP contribution in [0.1, 0.15) is 50.3 Å². The van der Waals surface area contributed by atoms with E-state index < -0.39 is 0 Å². The van der Waals surface area contributed by atoms with Gasteiger partial charge in [-0.3, -0.25) is 9.59 Å². The highest BCUT2D eigenvalue weighted by Gasteiger charge is 2.43. The molecule has 5 heteroatoms. The Hall–Kier alpha value is -3.08. The van der Waals surface area contributed by atoms with Crippen LogP contribution in [-0.4, -0.2) is 42.9 Å². The number of likely N-dealkylation sites (tertiary alicyclic amines) is 1. The lowest BCUT2D eigenvalue weighted by molar-refractivity contribution is -0.120. The molecule has 2 aliphatic rings. The van der Waals surface area contributed by atoms with Gasteiger partial charge in [0.25, 0.3) is 11.8 Å². The van der Waals surface area contributed by atoms with Gasteiger partial charge in [0, 0.05) is 31.9 Å². The molecule has 2 amide bonds. The highest BCUT2D eigenvalue weighted by atomic mass is 16.2. The molecule has 0 spiro atoms. The summed E-state index contributed by atoms with van der Waals surface area (Å²) in [5.74, 6) is 0.202. The van der Waals surface area contributed by atoms with Gasteiger partial charge in [0.15, 0.2) is 0 Å². The van der Waals surface area contributed by atoms with E-state index in [0.29, 0.717) is 22.9 Å². The predicted octanol–water partition coefficient (Wildman–Crippen LogP) is 5.17. The van der Waals surface area contributed by atoms with Crippen molar-refractivity contribution in [3.63, 3.8) is 0 Å². The average Bonchev–Trinajstić information content (AvgIpc) is 3.07. The Morgan fingerprint density at radius 3 is 2.09 bits per heavy atom. The number of nitrogens with zero attached hydrogens (tertiary/aromatic N) is 3. The minimum atomic E-state index is -0.229. The van der Waals surface area contributed by atoms with Gasteiger partial charge in [0.05, 0.1) is 11.3 Å². The maximum atomic E-state index is 13.8. The zero-order valence-electron chi connectivity index (χ0n) is 20.5. The number of carbonyl (C=O) groups excluding carboxylic acids is 2. The van der Waals surface area contributed by atoms with Crippen LogP contribution in [-0.2, 0) is 9.59 Å². The molecule has 2 heterocycles. The third kappa shape index (κ3) is 4.29. The van der Waals surface area contributed by atoms with E-state index in [9.17, 15) is 9.59 Å². The standard InChI is InChI=1S/C28H35N3O2/c1-6-29(7-2)23-10-12-24(13-11-23)31-27(32)25(22-9-8-20(4)21(5)18-22)26(28(31)33)30-16-14-19(3)15-17-30/h8-13,18-19H,6-7,14-17H2,1-5H3. The second-order valence-electron chi connectivity index (χ2n) is 9.33. The summed E-state index contributed by atoms with van der Waals surface area (Å²) in [4.78, 5) is 33.3. The summed E-state index contributed by atoms with van der Waals surface area (Å²) in [5, 5.41) is 0. The van der Waals surface area contributed by atoms with Crippen LogP contribution in [0.4, 0.5) is 11.4 Å². The van der Waals surface area contributed by atoms with Crippen LogP contribution in [0.15, 0.2) is 48.2 Å². The van der Waals surface area contributed by atoms with Crippen molar-refractivity contribution in [3.05, 3.63) is 64.9 Å². The molecule has 0 aliphatic carbocycles. The van der Waals surface area contributed by atoms with E-state index in [-0.39, 0.29) is 11.8 Å². The van der Waals surface area contributed by atoms with Crippen LogP contribution in [0.2, 0.25) is 0 Å². The predicted molar refractivity (Wildman–Crippen MR) is 135 cm³/mol. The fraction of sp³-hybridized carbons (Fsp3) is 0.429. The summed E-state index contributed by atoms with van der Waals surface area (Å²) >= 11 is 0. The van der Waals surface area contributed by atoms with Crippen molar-refractivity contribution < 1.29 is 9.59 Å². The van der Waals surface area contributed by atoms with Crippen LogP contribution in [0.3, 0.4) is 0 Å². The van der Waals surface area contributed by atoms with E-state index in [0.717, 1.165) is 55.8 Å². The Bertz CT molecular complexity index is 1070. The Kier molecular flexibility index (Phi) is 6.59. The van der Waals surface area contributed by atoms with Gasteiger partial charge in [-0.1, -0.05) is 25.1 Å². The maximum Gasteiger partial charge on any atom is 0.282 e. The van der Waals surface area contributed by atoms with Gasteiger partial charge < -0.3 is 9.80 Å². The van der Waals surface area contributed by atoms with Crippen molar-refractivity contribution in [3.8, 4) is 0 Å². The smallest absolute Gasteiger partial charge is 0.282 e. The maximum absolute atomic E-state index is 13.8. The molecule has 0 aromatic heterocycles. The second kappa shape index (κ2) is 9.42. The number of rotatable bonds is 6. The van der Waals surface area contributed by atoms with Gasteiger partial charge in [-0.25, -0.2) is 4.90 Å². The monoisotopic (exact) mass is 445 g/mol. The van der Waals surface area contributed by atoms with Gasteiger partial charge >= 0.3 is 0 Å². The first-order valence-electron chi connectivity index (χ1n) is 12.2. The number of hydrogen-bond donors (Lipinski definition) is 0.